The van der Waals surface area contributed by atoms with Crippen molar-refractivity contribution in [3.8, 4) is 0 Å². The van der Waals surface area contributed by atoms with Gasteiger partial charge in [0.1, 0.15) is 11.5 Å². The zero-order valence-corrected chi connectivity index (χ0v) is 16.3. The molecule has 1 unspecified atom stereocenters. The van der Waals surface area contributed by atoms with Crippen molar-refractivity contribution in [3.05, 3.63) is 58.1 Å². The Hall–Kier alpha value is -2.72. The summed E-state index contributed by atoms with van der Waals surface area (Å²) < 4.78 is 58.0. The van der Waals surface area contributed by atoms with Crippen molar-refractivity contribution >= 4 is 29.1 Å². The summed E-state index contributed by atoms with van der Waals surface area (Å²) in [5, 5.41) is 4.63. The topological polar surface area (TPSA) is 80.3 Å². The van der Waals surface area contributed by atoms with Crippen molar-refractivity contribution in [1.82, 2.24) is 10.3 Å². The molecule has 0 aliphatic carbocycles. The minimum absolute atomic E-state index is 0.0132. The molecule has 1 atom stereocenters. The number of carbonyl (C=O) groups excluding carboxylic acids is 2. The molecule has 1 saturated heterocycles. The van der Waals surface area contributed by atoms with Crippen LogP contribution in [0.1, 0.15) is 35.0 Å². The fourth-order valence-electron chi connectivity index (χ4n) is 2.97. The number of pyridine rings is 1. The number of nitrogens with zero attached hydrogens (tertiary/aromatic N) is 1. The number of alkyl halides is 3. The number of ether oxygens (including phenoxy) is 1. The van der Waals surface area contributed by atoms with Crippen LogP contribution in [0.2, 0.25) is 5.02 Å². The van der Waals surface area contributed by atoms with Gasteiger partial charge in [-0.2, -0.15) is 13.2 Å². The van der Waals surface area contributed by atoms with Crippen molar-refractivity contribution in [3.63, 3.8) is 0 Å². The van der Waals surface area contributed by atoms with Gasteiger partial charge in [-0.3, -0.25) is 9.59 Å². The average Bonchev–Trinajstić information content (AvgIpc) is 2.83. The van der Waals surface area contributed by atoms with Crippen LogP contribution in [0.3, 0.4) is 0 Å². The summed E-state index contributed by atoms with van der Waals surface area (Å²) in [5.41, 5.74) is -2.49. The number of carbonyl (C=O) groups is 2. The fraction of sp³-hybridized carbons (Fsp3) is 0.316. The lowest BCUT2D eigenvalue weighted by Crippen LogP contribution is -2.45. The minimum Gasteiger partial charge on any atom is -0.378 e. The summed E-state index contributed by atoms with van der Waals surface area (Å²) >= 11 is 5.78. The van der Waals surface area contributed by atoms with Gasteiger partial charge in [0.05, 0.1) is 29.3 Å². The van der Waals surface area contributed by atoms with Crippen molar-refractivity contribution in [2.75, 3.05) is 18.5 Å². The molecule has 2 aromatic rings. The van der Waals surface area contributed by atoms with Crippen molar-refractivity contribution in [2.24, 2.45) is 0 Å². The molecular formula is C19H16ClF4N3O3. The molecule has 0 radical (unpaired) electrons. The third-order valence-corrected chi connectivity index (χ3v) is 4.77. The maximum absolute atomic E-state index is 14.5. The highest BCUT2D eigenvalue weighted by molar-refractivity contribution is 6.34. The minimum atomic E-state index is -4.65. The summed E-state index contributed by atoms with van der Waals surface area (Å²) in [4.78, 5) is 27.8. The first-order valence-corrected chi connectivity index (χ1v) is 9.10. The first kappa shape index (κ1) is 22.0. The predicted octanol–water partition coefficient (Wildman–Crippen LogP) is 3.90. The quantitative estimate of drug-likeness (QED) is 0.702. The third-order valence-electron chi connectivity index (χ3n) is 4.48. The molecule has 11 heteroatoms. The molecule has 0 saturated carbocycles. The molecule has 6 nitrogen and oxygen atoms in total. The van der Waals surface area contributed by atoms with Crippen molar-refractivity contribution in [2.45, 2.75) is 25.1 Å². The molecule has 2 heterocycles. The van der Waals surface area contributed by atoms with E-state index in [9.17, 15) is 27.2 Å². The van der Waals surface area contributed by atoms with E-state index in [1.807, 2.05) is 0 Å². The molecule has 0 bridgehead atoms. The normalized spacial score (nSPS) is 19.7. The lowest BCUT2D eigenvalue weighted by atomic mass is 9.91. The second-order valence-electron chi connectivity index (χ2n) is 6.88. The van der Waals surface area contributed by atoms with Crippen LogP contribution in [0.25, 0.3) is 0 Å². The molecule has 1 fully saturated rings. The highest BCUT2D eigenvalue weighted by Gasteiger charge is 2.34. The van der Waals surface area contributed by atoms with E-state index in [0.29, 0.717) is 12.3 Å². The molecule has 0 spiro atoms. The molecule has 160 valence electrons. The van der Waals surface area contributed by atoms with Crippen LogP contribution in [0, 0.1) is 5.82 Å². The highest BCUT2D eigenvalue weighted by atomic mass is 35.5. The lowest BCUT2D eigenvalue weighted by Gasteiger charge is -2.29. The first-order chi connectivity index (χ1) is 14.0. The van der Waals surface area contributed by atoms with Crippen LogP contribution in [-0.4, -0.2) is 30.0 Å². The molecule has 30 heavy (non-hydrogen) atoms. The zero-order valence-electron chi connectivity index (χ0n) is 15.6. The summed E-state index contributed by atoms with van der Waals surface area (Å²) in [5.74, 6) is -1.82. The van der Waals surface area contributed by atoms with Crippen LogP contribution < -0.4 is 10.6 Å². The maximum Gasteiger partial charge on any atom is 0.417 e. The molecule has 1 aromatic heterocycles. The van der Waals surface area contributed by atoms with E-state index in [1.165, 1.54) is 12.1 Å². The fourth-order valence-corrected chi connectivity index (χ4v) is 3.22. The Balaban J connectivity index is 1.87. The molecule has 2 N–H and O–H groups in total. The van der Waals surface area contributed by atoms with Crippen LogP contribution >= 0.6 is 11.6 Å². The van der Waals surface area contributed by atoms with E-state index in [2.05, 4.69) is 15.6 Å². The summed E-state index contributed by atoms with van der Waals surface area (Å²) in [6, 6.07) is 4.26. The van der Waals surface area contributed by atoms with Gasteiger partial charge in [-0.1, -0.05) is 11.6 Å². The van der Waals surface area contributed by atoms with Crippen LogP contribution in [0.4, 0.5) is 23.2 Å². The van der Waals surface area contributed by atoms with E-state index in [4.69, 9.17) is 16.3 Å². The number of aromatic nitrogens is 1. The monoisotopic (exact) mass is 445 g/mol. The van der Waals surface area contributed by atoms with Gasteiger partial charge in [0.15, 0.2) is 0 Å². The Morgan fingerprint density at radius 3 is 2.73 bits per heavy atom. The van der Waals surface area contributed by atoms with Gasteiger partial charge >= 0.3 is 6.18 Å². The highest BCUT2D eigenvalue weighted by Crippen LogP contribution is 2.32. The van der Waals surface area contributed by atoms with E-state index in [0.717, 1.165) is 6.07 Å². The van der Waals surface area contributed by atoms with Gasteiger partial charge in [0, 0.05) is 23.9 Å². The number of hydrogen-bond donors (Lipinski definition) is 2. The van der Waals surface area contributed by atoms with E-state index in [1.54, 1.807) is 6.92 Å². The second kappa shape index (κ2) is 8.19. The van der Waals surface area contributed by atoms with E-state index >= 15 is 0 Å². The van der Waals surface area contributed by atoms with Gasteiger partial charge in [-0.25, -0.2) is 9.37 Å². The molecule has 1 aromatic carbocycles. The lowest BCUT2D eigenvalue weighted by molar-refractivity contribution is -0.137. The number of amides is 2. The van der Waals surface area contributed by atoms with Crippen LogP contribution in [0.5, 0.6) is 0 Å². The predicted molar refractivity (Wildman–Crippen MR) is 99.5 cm³/mol. The zero-order chi connectivity index (χ0) is 22.1. The summed E-state index contributed by atoms with van der Waals surface area (Å²) in [7, 11) is 0. The van der Waals surface area contributed by atoms with Gasteiger partial charge in [-0.05, 0) is 31.2 Å². The standard InChI is InChI=1S/C19H16ClF4N3O3/c1-18(9-30-5-4-15(28)27-18)12-7-11(2-3-14(12)21)26-17(29)16-13(20)6-10(8-25-16)19(22,23)24/h2-3,6-8H,4-5,9H2,1H3,(H,26,29)(H,27,28). The van der Waals surface area contributed by atoms with E-state index < -0.39 is 39.7 Å². The molecule has 3 rings (SSSR count). The average molecular weight is 446 g/mol. The number of rotatable bonds is 3. The third kappa shape index (κ3) is 4.71. The Bertz CT molecular complexity index is 999. The number of halogens is 5. The van der Waals surface area contributed by atoms with Crippen LogP contribution in [-0.2, 0) is 21.2 Å². The van der Waals surface area contributed by atoms with Gasteiger partial charge in [-0.15, -0.1) is 0 Å². The largest absolute Gasteiger partial charge is 0.417 e. The van der Waals surface area contributed by atoms with Gasteiger partial charge < -0.3 is 15.4 Å². The number of nitrogens with one attached hydrogen (secondary N) is 2. The Morgan fingerprint density at radius 2 is 2.07 bits per heavy atom. The van der Waals surface area contributed by atoms with Crippen molar-refractivity contribution < 1.29 is 31.9 Å². The molecule has 2 amide bonds. The summed E-state index contributed by atoms with van der Waals surface area (Å²) in [6.07, 6.45) is -4.03. The smallest absolute Gasteiger partial charge is 0.378 e. The first-order valence-electron chi connectivity index (χ1n) is 8.72. The van der Waals surface area contributed by atoms with Gasteiger partial charge in [0.2, 0.25) is 5.91 Å². The second-order valence-corrected chi connectivity index (χ2v) is 7.29. The molecular weight excluding hydrogens is 430 g/mol. The van der Waals surface area contributed by atoms with E-state index in [-0.39, 0.29) is 36.8 Å². The Kier molecular flexibility index (Phi) is 6.00. The maximum atomic E-state index is 14.5. The Labute approximate surface area is 173 Å². The SMILES string of the molecule is CC1(c2cc(NC(=O)c3ncc(C(F)(F)F)cc3Cl)ccc2F)COCCC(=O)N1. The van der Waals surface area contributed by atoms with Gasteiger partial charge in [0.25, 0.3) is 5.91 Å². The molecule has 1 aliphatic heterocycles. The molecule has 1 aliphatic rings. The number of anilines is 1. The summed E-state index contributed by atoms with van der Waals surface area (Å²) in [6.45, 7) is 1.78. The number of hydrogen-bond acceptors (Lipinski definition) is 4. The van der Waals surface area contributed by atoms with Crippen molar-refractivity contribution in [1.29, 1.82) is 0 Å². The van der Waals surface area contributed by atoms with Crippen LogP contribution in [0.15, 0.2) is 30.5 Å². The number of benzene rings is 1. The Morgan fingerprint density at radius 1 is 1.33 bits per heavy atom.